The third-order valence-corrected chi connectivity index (χ3v) is 5.28. The van der Waals surface area contributed by atoms with E-state index in [0.717, 1.165) is 31.2 Å². The molecule has 6 N–H and O–H groups in total. The van der Waals surface area contributed by atoms with Crippen molar-refractivity contribution in [3.05, 3.63) is 45.1 Å². The van der Waals surface area contributed by atoms with Gasteiger partial charge in [0.15, 0.2) is 0 Å². The second-order valence-electron chi connectivity index (χ2n) is 7.05. The molecular formula is C18H24ClN7O2. The number of anilines is 3. The zero-order chi connectivity index (χ0) is 20.1. The molecule has 0 atom stereocenters. The maximum Gasteiger partial charge on any atom is 0.329 e. The minimum Gasteiger partial charge on any atom is -0.399 e. The van der Waals surface area contributed by atoms with E-state index in [4.69, 9.17) is 23.1 Å². The second kappa shape index (κ2) is 9.03. The standard InChI is InChI=1S/C18H24ClN7O2/c19-15-7-14(21)6-3-12(15)9-23-18-24-10-16(26(27)28)17(25-18)22-8-11-1-4-13(20)5-2-11/h3,6-7,10-11,13H,1-2,4-5,8-9,20-21H2,(H2,22,23,24,25)/t11-,13-. The molecule has 1 heterocycles. The van der Waals surface area contributed by atoms with Crippen LogP contribution in [0.1, 0.15) is 31.2 Å². The number of nitro groups is 1. The van der Waals surface area contributed by atoms with Crippen LogP contribution in [0, 0.1) is 16.0 Å². The molecule has 0 bridgehead atoms. The van der Waals surface area contributed by atoms with Crippen molar-refractivity contribution in [3.63, 3.8) is 0 Å². The highest BCUT2D eigenvalue weighted by Crippen LogP contribution is 2.27. The summed E-state index contributed by atoms with van der Waals surface area (Å²) in [6, 6.07) is 5.49. The number of nitrogens with zero attached hydrogens (tertiary/aromatic N) is 3. The topological polar surface area (TPSA) is 145 Å². The van der Waals surface area contributed by atoms with E-state index >= 15 is 0 Å². The molecule has 1 saturated carbocycles. The summed E-state index contributed by atoms with van der Waals surface area (Å²) in [6.45, 7) is 0.991. The van der Waals surface area contributed by atoms with Gasteiger partial charge >= 0.3 is 5.69 Å². The van der Waals surface area contributed by atoms with Crippen molar-refractivity contribution in [2.75, 3.05) is 22.9 Å². The van der Waals surface area contributed by atoms with Gasteiger partial charge < -0.3 is 22.1 Å². The first-order chi connectivity index (χ1) is 13.4. The van der Waals surface area contributed by atoms with Crippen LogP contribution >= 0.6 is 11.6 Å². The Kier molecular flexibility index (Phi) is 6.48. The summed E-state index contributed by atoms with van der Waals surface area (Å²) >= 11 is 6.17. The molecule has 1 aliphatic rings. The van der Waals surface area contributed by atoms with Crippen molar-refractivity contribution in [1.29, 1.82) is 0 Å². The SMILES string of the molecule is Nc1ccc(CNc2ncc([N+](=O)[O-])c(NC[C@H]3CC[C@H](N)CC3)n2)c(Cl)c1. The Morgan fingerprint density at radius 2 is 2.00 bits per heavy atom. The van der Waals surface area contributed by atoms with E-state index in [0.29, 0.717) is 29.7 Å². The van der Waals surface area contributed by atoms with Crippen LogP contribution in [0.2, 0.25) is 5.02 Å². The summed E-state index contributed by atoms with van der Waals surface area (Å²) in [5.74, 6) is 0.923. The lowest BCUT2D eigenvalue weighted by atomic mass is 9.86. The van der Waals surface area contributed by atoms with Gasteiger partial charge in [-0.3, -0.25) is 10.1 Å². The number of aromatic nitrogens is 2. The molecule has 0 spiro atoms. The molecule has 3 rings (SSSR count). The van der Waals surface area contributed by atoms with Crippen LogP contribution in [-0.2, 0) is 6.54 Å². The molecule has 2 aromatic rings. The molecule has 1 aromatic heterocycles. The zero-order valence-corrected chi connectivity index (χ0v) is 16.2. The zero-order valence-electron chi connectivity index (χ0n) is 15.4. The number of halogens is 1. The smallest absolute Gasteiger partial charge is 0.329 e. The molecule has 150 valence electrons. The van der Waals surface area contributed by atoms with Gasteiger partial charge in [-0.1, -0.05) is 17.7 Å². The van der Waals surface area contributed by atoms with E-state index < -0.39 is 4.92 Å². The number of benzene rings is 1. The van der Waals surface area contributed by atoms with Gasteiger partial charge in [0.1, 0.15) is 6.20 Å². The third-order valence-electron chi connectivity index (χ3n) is 4.93. The van der Waals surface area contributed by atoms with E-state index in [2.05, 4.69) is 20.6 Å². The van der Waals surface area contributed by atoms with Crippen LogP contribution in [0.5, 0.6) is 0 Å². The number of nitrogen functional groups attached to an aromatic ring is 1. The van der Waals surface area contributed by atoms with Gasteiger partial charge in [-0.2, -0.15) is 4.98 Å². The van der Waals surface area contributed by atoms with Crippen molar-refractivity contribution >= 4 is 34.7 Å². The minimum atomic E-state index is -0.486. The predicted molar refractivity (Wildman–Crippen MR) is 110 cm³/mol. The molecule has 1 aliphatic carbocycles. The summed E-state index contributed by atoms with van der Waals surface area (Å²) in [7, 11) is 0. The summed E-state index contributed by atoms with van der Waals surface area (Å²) in [4.78, 5) is 19.1. The van der Waals surface area contributed by atoms with Crippen LogP contribution in [0.15, 0.2) is 24.4 Å². The van der Waals surface area contributed by atoms with Crippen LogP contribution in [0.4, 0.5) is 23.1 Å². The Morgan fingerprint density at radius 3 is 2.68 bits per heavy atom. The number of nitrogens with two attached hydrogens (primary N) is 2. The average molecular weight is 406 g/mol. The number of hydrogen-bond acceptors (Lipinski definition) is 8. The monoisotopic (exact) mass is 405 g/mol. The van der Waals surface area contributed by atoms with E-state index in [-0.39, 0.29) is 23.5 Å². The molecule has 0 radical (unpaired) electrons. The Labute approximate surface area is 168 Å². The highest BCUT2D eigenvalue weighted by molar-refractivity contribution is 6.31. The molecule has 28 heavy (non-hydrogen) atoms. The minimum absolute atomic E-state index is 0.149. The van der Waals surface area contributed by atoms with Crippen LogP contribution in [0.3, 0.4) is 0 Å². The molecule has 0 unspecified atom stereocenters. The van der Waals surface area contributed by atoms with E-state index in [9.17, 15) is 10.1 Å². The summed E-state index contributed by atoms with van der Waals surface area (Å²) in [6.07, 6.45) is 5.18. The lowest BCUT2D eigenvalue weighted by Gasteiger charge is -2.26. The van der Waals surface area contributed by atoms with Crippen molar-refractivity contribution in [3.8, 4) is 0 Å². The third kappa shape index (κ3) is 5.20. The lowest BCUT2D eigenvalue weighted by molar-refractivity contribution is -0.384. The lowest BCUT2D eigenvalue weighted by Crippen LogP contribution is -2.29. The van der Waals surface area contributed by atoms with Gasteiger partial charge in [-0.15, -0.1) is 0 Å². The number of hydrogen-bond donors (Lipinski definition) is 4. The van der Waals surface area contributed by atoms with E-state index in [1.165, 1.54) is 6.20 Å². The summed E-state index contributed by atoms with van der Waals surface area (Å²) < 4.78 is 0. The normalized spacial score (nSPS) is 19.2. The van der Waals surface area contributed by atoms with Crippen molar-refractivity contribution in [2.24, 2.45) is 11.7 Å². The first-order valence-corrected chi connectivity index (χ1v) is 9.59. The Bertz CT molecular complexity index is 841. The van der Waals surface area contributed by atoms with E-state index in [1.807, 2.05) is 6.07 Å². The molecule has 0 amide bonds. The Morgan fingerprint density at radius 1 is 1.25 bits per heavy atom. The Hall–Kier alpha value is -2.65. The molecule has 0 aliphatic heterocycles. The molecule has 10 heteroatoms. The molecule has 0 saturated heterocycles. The van der Waals surface area contributed by atoms with Crippen LogP contribution in [0.25, 0.3) is 0 Å². The van der Waals surface area contributed by atoms with Crippen LogP contribution in [-0.4, -0.2) is 27.5 Å². The van der Waals surface area contributed by atoms with Crippen molar-refractivity contribution < 1.29 is 4.92 Å². The predicted octanol–water partition coefficient (Wildman–Crippen LogP) is 3.16. The van der Waals surface area contributed by atoms with Crippen molar-refractivity contribution in [1.82, 2.24) is 9.97 Å². The maximum atomic E-state index is 11.3. The van der Waals surface area contributed by atoms with Gasteiger partial charge in [-0.05, 0) is 49.3 Å². The molecular weight excluding hydrogens is 382 g/mol. The average Bonchev–Trinajstić information content (AvgIpc) is 2.67. The van der Waals surface area contributed by atoms with E-state index in [1.54, 1.807) is 12.1 Å². The van der Waals surface area contributed by atoms with Gasteiger partial charge in [0.05, 0.1) is 4.92 Å². The van der Waals surface area contributed by atoms with Gasteiger partial charge in [-0.25, -0.2) is 4.98 Å². The molecule has 9 nitrogen and oxygen atoms in total. The van der Waals surface area contributed by atoms with Gasteiger partial charge in [0.2, 0.25) is 11.8 Å². The fourth-order valence-electron chi connectivity index (χ4n) is 3.24. The highest BCUT2D eigenvalue weighted by Gasteiger charge is 2.21. The summed E-state index contributed by atoms with van der Waals surface area (Å²) in [5, 5.41) is 18.0. The first-order valence-electron chi connectivity index (χ1n) is 9.21. The first kappa shape index (κ1) is 20.1. The fourth-order valence-corrected chi connectivity index (χ4v) is 3.49. The Balaban J connectivity index is 1.67. The number of rotatable bonds is 7. The van der Waals surface area contributed by atoms with Gasteiger partial charge in [0.25, 0.3) is 0 Å². The van der Waals surface area contributed by atoms with Crippen molar-refractivity contribution in [2.45, 2.75) is 38.3 Å². The van der Waals surface area contributed by atoms with Gasteiger partial charge in [0, 0.05) is 29.8 Å². The highest BCUT2D eigenvalue weighted by atomic mass is 35.5. The maximum absolute atomic E-state index is 11.3. The number of nitrogens with one attached hydrogen (secondary N) is 2. The molecule has 1 aromatic carbocycles. The summed E-state index contributed by atoms with van der Waals surface area (Å²) in [5.41, 5.74) is 12.9. The molecule has 1 fully saturated rings. The largest absolute Gasteiger partial charge is 0.399 e. The van der Waals surface area contributed by atoms with Crippen LogP contribution < -0.4 is 22.1 Å². The second-order valence-corrected chi connectivity index (χ2v) is 7.46. The quantitative estimate of drug-likeness (QED) is 0.312. The fraction of sp³-hybridized carbons (Fsp3) is 0.444.